The van der Waals surface area contributed by atoms with E-state index in [0.29, 0.717) is 16.7 Å². The van der Waals surface area contributed by atoms with Crippen LogP contribution in [0.1, 0.15) is 251 Å². The Balaban J connectivity index is 0.000000226. The molecular formula is C126H134N12O7. The summed E-state index contributed by atoms with van der Waals surface area (Å²) in [6, 6.07) is 74.0. The molecule has 12 rings (SSSR count). The van der Waals surface area contributed by atoms with Crippen molar-refractivity contribution in [2.75, 3.05) is 75.3 Å². The SMILES string of the molecule is CC1=C(C#N)C(=C(C#N)C#N)OC1(C)c1ccccc1.CCCCN(CCCC)c1ccc(/C=C/c2cc(C)c(/C=C/C3=C(C#N)C(=C(C#N)C#N)OC3(C)c3ccccc3)cc2C)c(OC)c1.CCCCN(CCCC)c1ccc(/C=C/c2cc(C)c(C=O)cc2C)c(OC)c1.[C-]#[N+]C1=C(/C=C/c2cc(C)c(/C=C/c3ccc(N(CCCC)CCCC)cc3OC)cc2C)C(C)(c2ccccc2)O/C1=C(\C#N)[N+]#[C-]. The Kier molecular flexibility index (Phi) is 42.5. The van der Waals surface area contributed by atoms with Crippen LogP contribution in [-0.4, -0.2) is 66.9 Å². The van der Waals surface area contributed by atoms with Crippen LogP contribution in [0, 0.1) is 134 Å². The number of ether oxygens (including phenoxy) is 6. The zero-order valence-corrected chi connectivity index (χ0v) is 87.6. The number of aryl methyl sites for hydroxylation is 6. The van der Waals surface area contributed by atoms with Crippen LogP contribution in [-0.2, 0) is 31.0 Å². The van der Waals surface area contributed by atoms with Gasteiger partial charge in [-0.1, -0.05) is 262 Å². The van der Waals surface area contributed by atoms with Crippen molar-refractivity contribution in [3.05, 3.63) is 385 Å². The largest absolute Gasteiger partial charge is 0.500 e. The molecule has 9 aromatic carbocycles. The van der Waals surface area contributed by atoms with Crippen LogP contribution in [0.3, 0.4) is 0 Å². The third-order valence-electron chi connectivity index (χ3n) is 26.6. The van der Waals surface area contributed by atoms with Crippen molar-refractivity contribution in [2.45, 2.75) is 205 Å². The number of nitriles is 7. The second-order valence-corrected chi connectivity index (χ2v) is 36.5. The van der Waals surface area contributed by atoms with Gasteiger partial charge in [-0.2, -0.15) is 31.6 Å². The number of nitrogens with zero attached hydrogens (tertiary/aromatic N) is 12. The van der Waals surface area contributed by atoms with Gasteiger partial charge in [0, 0.05) is 108 Å². The van der Waals surface area contributed by atoms with Gasteiger partial charge in [-0.05, 0) is 234 Å². The maximum absolute atomic E-state index is 11.1. The first-order valence-electron chi connectivity index (χ1n) is 49.8. The third kappa shape index (κ3) is 27.8. The van der Waals surface area contributed by atoms with E-state index in [-0.39, 0.29) is 51.0 Å². The van der Waals surface area contributed by atoms with Crippen molar-refractivity contribution in [2.24, 2.45) is 0 Å². The molecule has 9 aromatic rings. The van der Waals surface area contributed by atoms with Gasteiger partial charge in [-0.15, -0.1) is 0 Å². The number of benzene rings is 9. The Morgan fingerprint density at radius 2 is 0.621 bits per heavy atom. The summed E-state index contributed by atoms with van der Waals surface area (Å²) in [4.78, 5) is 25.6. The van der Waals surface area contributed by atoms with E-state index < -0.39 is 16.8 Å². The predicted octanol–water partition coefficient (Wildman–Crippen LogP) is 30.4. The summed E-state index contributed by atoms with van der Waals surface area (Å²) in [6.07, 6.45) is 35.4. The lowest BCUT2D eigenvalue weighted by Crippen LogP contribution is -2.25. The third-order valence-corrected chi connectivity index (χ3v) is 26.6. The van der Waals surface area contributed by atoms with Crippen LogP contribution in [0.5, 0.6) is 17.2 Å². The van der Waals surface area contributed by atoms with Crippen LogP contribution in [0.25, 0.3) is 58.3 Å². The van der Waals surface area contributed by atoms with Gasteiger partial charge in [0.25, 0.3) is 5.70 Å². The van der Waals surface area contributed by atoms with Gasteiger partial charge < -0.3 is 43.1 Å². The highest BCUT2D eigenvalue weighted by Gasteiger charge is 2.46. The molecule has 0 amide bonds. The topological polar surface area (TPSA) is 257 Å². The molecular weight excluding hydrogens is 1790 g/mol. The number of hydrogen-bond acceptors (Lipinski definition) is 17. The molecule has 3 aliphatic rings. The lowest BCUT2D eigenvalue weighted by molar-refractivity contribution is 0.0727. The summed E-state index contributed by atoms with van der Waals surface area (Å²) in [7, 11) is 5.18. The van der Waals surface area contributed by atoms with Crippen LogP contribution in [0.2, 0.25) is 0 Å². The molecule has 0 aliphatic carbocycles. The molecule has 740 valence electrons. The van der Waals surface area contributed by atoms with E-state index in [9.17, 15) is 31.1 Å². The zero-order chi connectivity index (χ0) is 105. The van der Waals surface area contributed by atoms with Crippen molar-refractivity contribution in [1.82, 2.24) is 0 Å². The highest BCUT2D eigenvalue weighted by molar-refractivity contribution is 5.83. The van der Waals surface area contributed by atoms with Crippen molar-refractivity contribution < 1.29 is 33.2 Å². The highest BCUT2D eigenvalue weighted by atomic mass is 16.5. The number of methoxy groups -OCH3 is 3. The summed E-state index contributed by atoms with van der Waals surface area (Å²) < 4.78 is 35.7. The second kappa shape index (κ2) is 55.0. The van der Waals surface area contributed by atoms with E-state index in [1.807, 2.05) is 180 Å². The first-order chi connectivity index (χ1) is 70.1. The quantitative estimate of drug-likeness (QED) is 0.0151. The molecule has 0 fully saturated rings. The monoisotopic (exact) mass is 1930 g/mol. The minimum atomic E-state index is -1.06. The van der Waals surface area contributed by atoms with Gasteiger partial charge in [0.05, 0.1) is 46.1 Å². The first-order valence-corrected chi connectivity index (χ1v) is 49.8. The standard InChI is InChI=1S/2C42H44N4O2.C26H35NO2.C16H11N3O/c1-9-11-24-46(25-12-10-2)36-22-20-32(39(28-36)47-8)18-19-33-26-31(4)34(27-30(33)3)21-23-37-40(45-7)41(38(29-43)44-6)48-42(37,5)35-16-14-13-15-17-35;1-7-9-22-46(23-10-8-2)37-20-18-32(40(26-37)47-6)16-17-33-24-31(4)34(25-30(33)3)19-21-39-38(29-45)41(35(27-43)28-44)48-42(39,5)36-14-12-11-13-15-36;1-6-8-14-27(15-9-7-2)25-13-12-22(26(18-25)29-5)10-11-23-16-21(4)24(19-28)17-20(23)3;1-11-14(10-19)15(12(8-17)9-18)20-16(11,2)13-6-4-3-5-7-13/h13-23,26-28H,9-12,24-25H2,1-5,8H3;11-21,24-26H,7-10,22-23H2,1-6H3;10-13,16-19H,6-9,14-15H2,1-5H3;3-7H,1-2H3/b19-18+,23-21+,41-38+;17-16+,21-19+;11-10+;. The van der Waals surface area contributed by atoms with E-state index >= 15 is 0 Å². The Morgan fingerprint density at radius 3 is 0.910 bits per heavy atom. The summed E-state index contributed by atoms with van der Waals surface area (Å²) >= 11 is 0. The molecule has 3 unspecified atom stereocenters. The average molecular weight is 1930 g/mol. The Hall–Kier alpha value is -16.6. The molecule has 0 saturated carbocycles. The second-order valence-electron chi connectivity index (χ2n) is 36.5. The van der Waals surface area contributed by atoms with E-state index in [1.54, 1.807) is 40.4 Å². The summed E-state index contributed by atoms with van der Waals surface area (Å²) in [5.41, 5.74) is 20.6. The van der Waals surface area contributed by atoms with Crippen LogP contribution >= 0.6 is 0 Å². The summed E-state index contributed by atoms with van der Waals surface area (Å²) in [5, 5.41) is 66.2. The average Bonchev–Trinajstić information content (AvgIpc) is 1.61. The molecule has 0 spiro atoms. The Bertz CT molecular complexity index is 6570. The lowest BCUT2D eigenvalue weighted by atomic mass is 9.86. The molecule has 0 bridgehead atoms. The molecule has 0 radical (unpaired) electrons. The van der Waals surface area contributed by atoms with Crippen molar-refractivity contribution in [3.8, 4) is 59.7 Å². The van der Waals surface area contributed by atoms with Gasteiger partial charge in [0.1, 0.15) is 76.9 Å². The van der Waals surface area contributed by atoms with Crippen LogP contribution in [0.4, 0.5) is 17.1 Å². The first kappa shape index (κ1) is 112. The van der Waals surface area contributed by atoms with Gasteiger partial charge in [-0.25, -0.2) is 15.0 Å². The fourth-order valence-electron chi connectivity index (χ4n) is 17.6. The van der Waals surface area contributed by atoms with Gasteiger partial charge >= 0.3 is 0 Å². The number of allylic oxidation sites excluding steroid dienone is 5. The smallest absolute Gasteiger partial charge is 0.292 e. The van der Waals surface area contributed by atoms with Crippen molar-refractivity contribution in [1.29, 1.82) is 36.8 Å². The normalized spacial score (nSPS) is 15.8. The molecule has 3 aliphatic heterocycles. The van der Waals surface area contributed by atoms with Crippen LogP contribution < -0.4 is 28.9 Å². The fraction of sp³-hybridized carbons (Fsp3) is 0.317. The minimum absolute atomic E-state index is 0.0139. The maximum atomic E-state index is 11.1. The Morgan fingerprint density at radius 1 is 0.345 bits per heavy atom. The number of aldehydes is 1. The number of carbonyl (C=O) groups is 1. The van der Waals surface area contributed by atoms with Gasteiger partial charge in [-0.3, -0.25) is 4.79 Å². The molecule has 0 saturated heterocycles. The number of carbonyl (C=O) groups excluding carboxylic acids is 1. The summed E-state index contributed by atoms with van der Waals surface area (Å²) in [5.74, 6) is 2.70. The summed E-state index contributed by atoms with van der Waals surface area (Å²) in [6.45, 7) is 54.8. The molecule has 19 heteroatoms. The van der Waals surface area contributed by atoms with Crippen molar-refractivity contribution in [3.63, 3.8) is 0 Å². The predicted molar refractivity (Wildman–Crippen MR) is 588 cm³/mol. The molecule has 0 aromatic heterocycles. The molecule has 19 nitrogen and oxygen atoms in total. The van der Waals surface area contributed by atoms with E-state index in [4.69, 9.17) is 52.1 Å². The van der Waals surface area contributed by atoms with E-state index in [2.05, 4.69) is 221 Å². The van der Waals surface area contributed by atoms with Gasteiger partial charge in [0.2, 0.25) is 5.70 Å². The number of hydrogen-bond donors (Lipinski definition) is 0. The molecule has 3 heterocycles. The number of unbranched alkanes of at least 4 members (excludes halogenated alkanes) is 6. The zero-order valence-electron chi connectivity index (χ0n) is 87.6. The van der Waals surface area contributed by atoms with E-state index in [0.717, 1.165) is 189 Å². The van der Waals surface area contributed by atoms with Gasteiger partial charge in [0.15, 0.2) is 33.9 Å². The highest BCUT2D eigenvalue weighted by Crippen LogP contribution is 2.51. The number of rotatable bonds is 38. The fourth-order valence-corrected chi connectivity index (χ4v) is 17.6. The lowest BCUT2D eigenvalue weighted by Gasteiger charge is -2.28. The maximum Gasteiger partial charge on any atom is 0.292 e. The molecule has 0 N–H and O–H groups in total. The Labute approximate surface area is 861 Å². The molecule has 3 atom stereocenters. The molecule has 145 heavy (non-hydrogen) atoms. The van der Waals surface area contributed by atoms with Crippen molar-refractivity contribution >= 4 is 72.0 Å². The van der Waals surface area contributed by atoms with Crippen LogP contribution in [0.15, 0.2) is 262 Å². The number of anilines is 3. The minimum Gasteiger partial charge on any atom is -0.500 e. The van der Waals surface area contributed by atoms with E-state index in [1.165, 1.54) is 68.4 Å².